The molecule has 1 amide bonds. The van der Waals surface area contributed by atoms with Gasteiger partial charge in [-0.2, -0.15) is 15.2 Å². The van der Waals surface area contributed by atoms with Gasteiger partial charge in [0.1, 0.15) is 12.4 Å². The third-order valence-corrected chi connectivity index (χ3v) is 10.3. The fourth-order valence-electron chi connectivity index (χ4n) is 7.32. The van der Waals surface area contributed by atoms with Gasteiger partial charge in [-0.05, 0) is 57.3 Å². The number of nitrogens with zero attached hydrogens (tertiary/aromatic N) is 10. The van der Waals surface area contributed by atoms with Gasteiger partial charge in [0.25, 0.3) is 0 Å². The molecule has 0 radical (unpaired) electrons. The van der Waals surface area contributed by atoms with Gasteiger partial charge in [0.15, 0.2) is 5.69 Å². The molecule has 3 aliphatic rings. The number of amides is 1. The zero-order valence-corrected chi connectivity index (χ0v) is 30.1. The van der Waals surface area contributed by atoms with E-state index in [-0.39, 0.29) is 30.7 Å². The van der Waals surface area contributed by atoms with Gasteiger partial charge < -0.3 is 29.1 Å². The van der Waals surface area contributed by atoms with Crippen LogP contribution in [0.5, 0.6) is 6.01 Å². The van der Waals surface area contributed by atoms with Crippen LogP contribution in [0.4, 0.5) is 11.5 Å². The van der Waals surface area contributed by atoms with Crippen molar-refractivity contribution in [1.82, 2.24) is 34.8 Å². The zero-order chi connectivity index (χ0) is 36.2. The van der Waals surface area contributed by atoms with E-state index in [0.29, 0.717) is 56.3 Å². The van der Waals surface area contributed by atoms with Crippen LogP contribution in [0.3, 0.4) is 0 Å². The third kappa shape index (κ3) is 7.37. The SMILES string of the molecule is CCOC(=O)c1cn(/C=C/C(=O)N2CCN(c3nc(OC[C@@H]4CCCN4C)nc4c3CCN(c3cccc5cccc(Cl)c35)C4)C[C@@H]2CC#N)nn1. The molecule has 2 atom stereocenters. The van der Waals surface area contributed by atoms with Crippen molar-refractivity contribution in [2.24, 2.45) is 0 Å². The standard InChI is InChI=1S/C37H41ClN10O4/c1-3-51-36(50)31-23-47(43-42-31)18-14-33(49)48-20-19-46(21-26(48)12-15-39)35-28-13-17-45(32-11-5-8-25-7-4-10-29(38)34(25)32)22-30(28)40-37(41-35)52-24-27-9-6-16-44(27)2/h4-5,7-8,10-11,14,18,23,26-27H,3,6,9,12-13,16-17,19-22,24H2,1-2H3/b18-14+/t26-,27-/m0/s1. The molecule has 3 aliphatic heterocycles. The molecule has 0 N–H and O–H groups in total. The Labute approximate surface area is 307 Å². The number of hydrogen-bond donors (Lipinski definition) is 0. The Hall–Kier alpha value is -5.26. The van der Waals surface area contributed by atoms with Crippen LogP contribution in [0.25, 0.3) is 17.0 Å². The van der Waals surface area contributed by atoms with Crippen LogP contribution < -0.4 is 14.5 Å². The van der Waals surface area contributed by atoms with Crippen LogP contribution in [-0.2, 0) is 22.5 Å². The van der Waals surface area contributed by atoms with Gasteiger partial charge in [-0.1, -0.05) is 41.1 Å². The van der Waals surface area contributed by atoms with E-state index in [1.807, 2.05) is 12.1 Å². The lowest BCUT2D eigenvalue weighted by molar-refractivity contribution is -0.128. The van der Waals surface area contributed by atoms with Crippen molar-refractivity contribution in [3.05, 3.63) is 70.6 Å². The number of carbonyl (C=O) groups excluding carboxylic acids is 2. The number of fused-ring (bicyclic) bond motifs is 2. The summed E-state index contributed by atoms with van der Waals surface area (Å²) in [6.45, 7) is 6.06. The number of ether oxygens (including phenoxy) is 2. The van der Waals surface area contributed by atoms with Crippen LogP contribution in [0, 0.1) is 11.3 Å². The number of likely N-dealkylation sites (tertiary alicyclic amines) is 1. The van der Waals surface area contributed by atoms with Gasteiger partial charge in [-0.15, -0.1) is 5.10 Å². The summed E-state index contributed by atoms with van der Waals surface area (Å²) in [6, 6.07) is 14.7. The second-order valence-electron chi connectivity index (χ2n) is 13.2. The maximum atomic E-state index is 13.4. The monoisotopic (exact) mass is 724 g/mol. The Bertz CT molecular complexity index is 2020. The minimum Gasteiger partial charge on any atom is -0.462 e. The van der Waals surface area contributed by atoms with Gasteiger partial charge in [0.05, 0.1) is 48.6 Å². The fourth-order valence-corrected chi connectivity index (χ4v) is 7.60. The molecule has 5 heterocycles. The van der Waals surface area contributed by atoms with E-state index < -0.39 is 5.97 Å². The largest absolute Gasteiger partial charge is 0.462 e. The number of carbonyl (C=O) groups is 2. The number of likely N-dealkylation sites (N-methyl/N-ethyl adjacent to an activating group) is 1. The summed E-state index contributed by atoms with van der Waals surface area (Å²) in [5.41, 5.74) is 3.04. The van der Waals surface area contributed by atoms with Crippen LogP contribution in [0.1, 0.15) is 47.9 Å². The molecule has 2 saturated heterocycles. The van der Waals surface area contributed by atoms with Crippen LogP contribution >= 0.6 is 11.6 Å². The number of rotatable bonds is 10. The topological polar surface area (TPSA) is 146 Å². The normalized spacial score (nSPS) is 19.2. The minimum absolute atomic E-state index is 0.0470. The molecule has 0 spiro atoms. The maximum absolute atomic E-state index is 13.4. The molecule has 52 heavy (non-hydrogen) atoms. The van der Waals surface area contributed by atoms with E-state index in [4.69, 9.17) is 31.0 Å². The maximum Gasteiger partial charge on any atom is 0.360 e. The molecule has 2 fully saturated rings. The van der Waals surface area contributed by atoms with Gasteiger partial charge in [-0.3, -0.25) is 4.79 Å². The lowest BCUT2D eigenvalue weighted by Gasteiger charge is -2.42. The predicted octanol–water partition coefficient (Wildman–Crippen LogP) is 4.19. The molecule has 14 nitrogen and oxygen atoms in total. The zero-order valence-electron chi connectivity index (χ0n) is 29.3. The van der Waals surface area contributed by atoms with Crippen LogP contribution in [-0.4, -0.2) is 112 Å². The Morgan fingerprint density at radius 1 is 1.08 bits per heavy atom. The molecule has 0 unspecified atom stereocenters. The van der Waals surface area contributed by atoms with Crippen molar-refractivity contribution in [2.75, 3.05) is 62.8 Å². The molecular formula is C37H41ClN10O4. The first-order chi connectivity index (χ1) is 25.3. The van der Waals surface area contributed by atoms with E-state index in [2.05, 4.69) is 62.4 Å². The third-order valence-electron chi connectivity index (χ3n) is 10.0. The molecule has 0 aliphatic carbocycles. The quantitative estimate of drug-likeness (QED) is 0.171. The molecule has 2 aromatic carbocycles. The molecular weight excluding hydrogens is 684 g/mol. The number of aromatic nitrogens is 5. The average Bonchev–Trinajstić information content (AvgIpc) is 3.81. The number of benzene rings is 2. The molecule has 7 rings (SSSR count). The van der Waals surface area contributed by atoms with E-state index in [1.54, 1.807) is 11.8 Å². The highest BCUT2D eigenvalue weighted by atomic mass is 35.5. The molecule has 4 aromatic rings. The number of hydrogen-bond acceptors (Lipinski definition) is 12. The number of nitriles is 1. The summed E-state index contributed by atoms with van der Waals surface area (Å²) >= 11 is 6.73. The first kappa shape index (κ1) is 35.2. The Morgan fingerprint density at radius 3 is 2.71 bits per heavy atom. The second kappa shape index (κ2) is 15.5. The van der Waals surface area contributed by atoms with Gasteiger partial charge in [-0.25, -0.2) is 9.48 Å². The highest BCUT2D eigenvalue weighted by molar-refractivity contribution is 6.36. The summed E-state index contributed by atoms with van der Waals surface area (Å²) in [6.07, 6.45) is 7.25. The van der Waals surface area contributed by atoms with Crippen LogP contribution in [0.15, 0.2) is 48.7 Å². The molecule has 2 aromatic heterocycles. The number of anilines is 2. The first-order valence-corrected chi connectivity index (χ1v) is 18.1. The summed E-state index contributed by atoms with van der Waals surface area (Å²) in [7, 11) is 2.12. The second-order valence-corrected chi connectivity index (χ2v) is 13.7. The van der Waals surface area contributed by atoms with Gasteiger partial charge in [0.2, 0.25) is 5.91 Å². The first-order valence-electron chi connectivity index (χ1n) is 17.7. The lowest BCUT2D eigenvalue weighted by atomic mass is 10.0. The predicted molar refractivity (Wildman–Crippen MR) is 196 cm³/mol. The summed E-state index contributed by atoms with van der Waals surface area (Å²) in [4.78, 5) is 43.9. The fraction of sp³-hybridized carbons (Fsp3) is 0.432. The Morgan fingerprint density at radius 2 is 1.92 bits per heavy atom. The molecule has 0 bridgehead atoms. The summed E-state index contributed by atoms with van der Waals surface area (Å²) in [5, 5.41) is 20.3. The minimum atomic E-state index is -0.587. The van der Waals surface area contributed by atoms with Crippen molar-refractivity contribution in [1.29, 1.82) is 5.26 Å². The summed E-state index contributed by atoms with van der Waals surface area (Å²) in [5.74, 6) is -0.0716. The molecule has 270 valence electrons. The van der Waals surface area contributed by atoms with Crippen molar-refractivity contribution < 1.29 is 19.1 Å². The highest BCUT2D eigenvalue weighted by Gasteiger charge is 2.34. The Kier molecular flexibility index (Phi) is 10.5. The van der Waals surface area contributed by atoms with E-state index in [0.717, 1.165) is 59.5 Å². The molecule has 0 saturated carbocycles. The number of esters is 1. The number of piperazine rings is 1. The van der Waals surface area contributed by atoms with Crippen molar-refractivity contribution in [3.63, 3.8) is 0 Å². The lowest BCUT2D eigenvalue weighted by Crippen LogP contribution is -2.55. The number of halogens is 1. The average molecular weight is 725 g/mol. The van der Waals surface area contributed by atoms with Crippen molar-refractivity contribution >= 4 is 52.0 Å². The Balaban J connectivity index is 1.14. The van der Waals surface area contributed by atoms with Crippen molar-refractivity contribution in [3.8, 4) is 12.1 Å². The van der Waals surface area contributed by atoms with E-state index >= 15 is 0 Å². The smallest absolute Gasteiger partial charge is 0.360 e. The molecule has 15 heteroatoms. The van der Waals surface area contributed by atoms with E-state index in [1.165, 1.54) is 23.2 Å². The van der Waals surface area contributed by atoms with Gasteiger partial charge in [0, 0.05) is 61.1 Å². The van der Waals surface area contributed by atoms with E-state index in [9.17, 15) is 14.9 Å². The summed E-state index contributed by atoms with van der Waals surface area (Å²) < 4.78 is 12.6. The van der Waals surface area contributed by atoms with Crippen LogP contribution in [0.2, 0.25) is 5.02 Å². The van der Waals surface area contributed by atoms with Gasteiger partial charge >= 0.3 is 12.0 Å². The highest BCUT2D eigenvalue weighted by Crippen LogP contribution is 2.37. The van der Waals surface area contributed by atoms with Crippen molar-refractivity contribution in [2.45, 2.75) is 51.2 Å².